The Morgan fingerprint density at radius 1 is 1.36 bits per heavy atom. The van der Waals surface area contributed by atoms with E-state index in [4.69, 9.17) is 9.47 Å². The normalized spacial score (nSPS) is 20.9. The highest BCUT2D eigenvalue weighted by Gasteiger charge is 2.30. The van der Waals surface area contributed by atoms with Crippen molar-refractivity contribution in [1.82, 2.24) is 10.2 Å². The van der Waals surface area contributed by atoms with Gasteiger partial charge in [-0.05, 0) is 32.4 Å². The number of para-hydroxylation sites is 1. The molecule has 1 aromatic rings. The number of carbonyl (C=O) groups excluding carboxylic acids is 1. The van der Waals surface area contributed by atoms with Crippen LogP contribution in [0.4, 0.5) is 0 Å². The molecule has 1 amide bonds. The number of nitrogens with one attached hydrogen (secondary N) is 1. The van der Waals surface area contributed by atoms with Crippen molar-refractivity contribution < 1.29 is 14.3 Å². The lowest BCUT2D eigenvalue weighted by Crippen LogP contribution is -2.31. The first-order chi connectivity index (χ1) is 10.8. The molecule has 1 atom stereocenters. The van der Waals surface area contributed by atoms with Crippen LogP contribution in [0.15, 0.2) is 18.2 Å². The van der Waals surface area contributed by atoms with Crippen LogP contribution in [0, 0.1) is 0 Å². The van der Waals surface area contributed by atoms with E-state index in [-0.39, 0.29) is 5.91 Å². The maximum absolute atomic E-state index is 11.7. The number of likely N-dealkylation sites (tertiary alicyclic amines) is 1. The number of benzene rings is 1. The first-order valence-corrected chi connectivity index (χ1v) is 8.19. The minimum Gasteiger partial charge on any atom is -0.486 e. The van der Waals surface area contributed by atoms with Gasteiger partial charge in [-0.1, -0.05) is 12.1 Å². The summed E-state index contributed by atoms with van der Waals surface area (Å²) in [7, 11) is 0. The summed E-state index contributed by atoms with van der Waals surface area (Å²) in [5.41, 5.74) is 1.20. The second-order valence-electron chi connectivity index (χ2n) is 5.77. The Morgan fingerprint density at radius 2 is 2.23 bits per heavy atom. The molecule has 0 saturated carbocycles. The second kappa shape index (κ2) is 7.01. The number of fused-ring (bicyclic) bond motifs is 1. The Kier molecular flexibility index (Phi) is 4.83. The van der Waals surface area contributed by atoms with Crippen molar-refractivity contribution in [3.8, 4) is 11.5 Å². The van der Waals surface area contributed by atoms with E-state index in [1.165, 1.54) is 5.56 Å². The highest BCUT2D eigenvalue weighted by atomic mass is 16.6. The summed E-state index contributed by atoms with van der Waals surface area (Å²) in [6.07, 6.45) is 2.82. The number of rotatable bonds is 5. The largest absolute Gasteiger partial charge is 0.486 e. The SMILES string of the molecule is CCNC(=O)CCN1CCC[C@@H]1c1cccc2c1OCCO2. The predicted molar refractivity (Wildman–Crippen MR) is 84.3 cm³/mol. The molecule has 0 unspecified atom stereocenters. The van der Waals surface area contributed by atoms with Crippen molar-refractivity contribution in [3.63, 3.8) is 0 Å². The molecule has 2 heterocycles. The van der Waals surface area contributed by atoms with Crippen LogP contribution in [0.2, 0.25) is 0 Å². The highest BCUT2D eigenvalue weighted by Crippen LogP contribution is 2.42. The van der Waals surface area contributed by atoms with Crippen molar-refractivity contribution in [2.75, 3.05) is 32.8 Å². The van der Waals surface area contributed by atoms with Crippen molar-refractivity contribution >= 4 is 5.91 Å². The van der Waals surface area contributed by atoms with Crippen LogP contribution in [0.3, 0.4) is 0 Å². The summed E-state index contributed by atoms with van der Waals surface area (Å²) in [5.74, 6) is 1.87. The van der Waals surface area contributed by atoms with Crippen LogP contribution >= 0.6 is 0 Å². The number of ether oxygens (including phenoxy) is 2. The molecule has 5 heteroatoms. The van der Waals surface area contributed by atoms with Gasteiger partial charge < -0.3 is 14.8 Å². The lowest BCUT2D eigenvalue weighted by atomic mass is 10.0. The third-order valence-corrected chi connectivity index (χ3v) is 4.32. The molecule has 0 bridgehead atoms. The van der Waals surface area contributed by atoms with Gasteiger partial charge in [-0.25, -0.2) is 0 Å². The number of amides is 1. The maximum Gasteiger partial charge on any atom is 0.221 e. The van der Waals surface area contributed by atoms with Gasteiger partial charge in [-0.3, -0.25) is 9.69 Å². The van der Waals surface area contributed by atoms with E-state index in [0.29, 0.717) is 32.2 Å². The first kappa shape index (κ1) is 15.2. The van der Waals surface area contributed by atoms with Gasteiger partial charge in [0.05, 0.1) is 0 Å². The van der Waals surface area contributed by atoms with Gasteiger partial charge in [0.1, 0.15) is 13.2 Å². The summed E-state index contributed by atoms with van der Waals surface area (Å²) in [4.78, 5) is 14.1. The Bertz CT molecular complexity index is 533. The summed E-state index contributed by atoms with van der Waals surface area (Å²) in [5, 5.41) is 2.86. The molecule has 1 saturated heterocycles. The molecule has 0 radical (unpaired) electrons. The third kappa shape index (κ3) is 3.19. The third-order valence-electron chi connectivity index (χ3n) is 4.32. The zero-order chi connectivity index (χ0) is 15.4. The Balaban J connectivity index is 1.72. The number of hydrogen-bond acceptors (Lipinski definition) is 4. The van der Waals surface area contributed by atoms with Gasteiger partial charge in [0.25, 0.3) is 0 Å². The predicted octanol–water partition coefficient (Wildman–Crippen LogP) is 2.12. The lowest BCUT2D eigenvalue weighted by Gasteiger charge is -2.28. The van der Waals surface area contributed by atoms with Gasteiger partial charge in [0, 0.05) is 31.1 Å². The van der Waals surface area contributed by atoms with Crippen LogP contribution in [0.25, 0.3) is 0 Å². The average Bonchev–Trinajstić information content (AvgIpc) is 3.01. The lowest BCUT2D eigenvalue weighted by molar-refractivity contribution is -0.121. The Labute approximate surface area is 131 Å². The number of hydrogen-bond donors (Lipinski definition) is 1. The van der Waals surface area contributed by atoms with Crippen molar-refractivity contribution in [2.24, 2.45) is 0 Å². The van der Waals surface area contributed by atoms with Gasteiger partial charge in [0.2, 0.25) is 5.91 Å². The van der Waals surface area contributed by atoms with Crippen LogP contribution in [0.1, 0.15) is 37.8 Å². The average molecular weight is 304 g/mol. The molecule has 1 fully saturated rings. The standard InChI is InChI=1S/C17H24N2O3/c1-2-18-16(20)8-10-19-9-4-6-14(19)13-5-3-7-15-17(13)22-12-11-21-15/h3,5,7,14H,2,4,6,8-12H2,1H3,(H,18,20)/t14-/m1/s1. The van der Waals surface area contributed by atoms with E-state index >= 15 is 0 Å². The first-order valence-electron chi connectivity index (χ1n) is 8.19. The summed E-state index contributed by atoms with van der Waals surface area (Å²) < 4.78 is 11.5. The summed E-state index contributed by atoms with van der Waals surface area (Å²) in [6, 6.07) is 6.45. The number of nitrogens with zero attached hydrogens (tertiary/aromatic N) is 1. The molecule has 3 rings (SSSR count). The summed E-state index contributed by atoms with van der Waals surface area (Å²) in [6.45, 7) is 5.69. The molecular weight excluding hydrogens is 280 g/mol. The fourth-order valence-electron chi connectivity index (χ4n) is 3.34. The molecule has 1 aromatic carbocycles. The number of carbonyl (C=O) groups is 1. The van der Waals surface area contributed by atoms with Gasteiger partial charge >= 0.3 is 0 Å². The smallest absolute Gasteiger partial charge is 0.221 e. The fourth-order valence-corrected chi connectivity index (χ4v) is 3.34. The Morgan fingerprint density at radius 3 is 3.09 bits per heavy atom. The van der Waals surface area contributed by atoms with Crippen molar-refractivity contribution in [2.45, 2.75) is 32.2 Å². The van der Waals surface area contributed by atoms with E-state index < -0.39 is 0 Å². The van der Waals surface area contributed by atoms with E-state index in [0.717, 1.165) is 37.4 Å². The molecule has 0 aliphatic carbocycles. The molecule has 120 valence electrons. The van der Waals surface area contributed by atoms with Crippen LogP contribution in [0.5, 0.6) is 11.5 Å². The zero-order valence-corrected chi connectivity index (χ0v) is 13.1. The minimum atomic E-state index is 0.128. The molecule has 2 aliphatic heterocycles. The van der Waals surface area contributed by atoms with E-state index in [2.05, 4.69) is 16.3 Å². The topological polar surface area (TPSA) is 50.8 Å². The van der Waals surface area contributed by atoms with Crippen LogP contribution in [-0.4, -0.2) is 43.7 Å². The van der Waals surface area contributed by atoms with Gasteiger partial charge in [-0.2, -0.15) is 0 Å². The second-order valence-corrected chi connectivity index (χ2v) is 5.77. The van der Waals surface area contributed by atoms with E-state index in [1.807, 2.05) is 19.1 Å². The molecule has 0 aromatic heterocycles. The molecule has 1 N–H and O–H groups in total. The van der Waals surface area contributed by atoms with Crippen molar-refractivity contribution in [1.29, 1.82) is 0 Å². The van der Waals surface area contributed by atoms with Gasteiger partial charge in [0.15, 0.2) is 11.5 Å². The monoisotopic (exact) mass is 304 g/mol. The van der Waals surface area contributed by atoms with E-state index in [9.17, 15) is 4.79 Å². The molecular formula is C17H24N2O3. The molecule has 0 spiro atoms. The van der Waals surface area contributed by atoms with Gasteiger partial charge in [-0.15, -0.1) is 0 Å². The minimum absolute atomic E-state index is 0.128. The van der Waals surface area contributed by atoms with Crippen LogP contribution in [-0.2, 0) is 4.79 Å². The molecule has 22 heavy (non-hydrogen) atoms. The quantitative estimate of drug-likeness (QED) is 0.905. The highest BCUT2D eigenvalue weighted by molar-refractivity contribution is 5.75. The van der Waals surface area contributed by atoms with Crippen molar-refractivity contribution in [3.05, 3.63) is 23.8 Å². The summed E-state index contributed by atoms with van der Waals surface area (Å²) >= 11 is 0. The zero-order valence-electron chi connectivity index (χ0n) is 13.1. The van der Waals surface area contributed by atoms with Crippen LogP contribution < -0.4 is 14.8 Å². The van der Waals surface area contributed by atoms with E-state index in [1.54, 1.807) is 0 Å². The molecule has 5 nitrogen and oxygen atoms in total. The maximum atomic E-state index is 11.7. The fraction of sp³-hybridized carbons (Fsp3) is 0.588. The molecule has 2 aliphatic rings. The Hall–Kier alpha value is -1.75.